The smallest absolute Gasteiger partial charge is 0.310 e. The van der Waals surface area contributed by atoms with Crippen molar-refractivity contribution in [3.63, 3.8) is 0 Å². The van der Waals surface area contributed by atoms with Crippen LogP contribution >= 0.6 is 0 Å². The summed E-state index contributed by atoms with van der Waals surface area (Å²) in [6, 6.07) is 0.454. The normalized spacial score (nSPS) is 25.9. The Kier molecular flexibility index (Phi) is 3.26. The maximum Gasteiger partial charge on any atom is 0.310 e. The number of nitrogens with one attached hydrogen (secondary N) is 1. The van der Waals surface area contributed by atoms with Crippen LogP contribution in [-0.2, 0) is 9.53 Å². The van der Waals surface area contributed by atoms with E-state index in [0.717, 1.165) is 45.3 Å². The number of hydrogen-bond acceptors (Lipinski definition) is 3. The molecule has 1 saturated heterocycles. The van der Waals surface area contributed by atoms with Gasteiger partial charge in [-0.25, -0.2) is 0 Å². The molecule has 2 aliphatic rings. The standard InChI is InChI=1S/C11H19NO3/c13-10(14)11(4-1-5-11)8-12-9-2-6-15-7-3-9/h9,12H,1-8H2,(H,13,14). The third-order valence-corrected chi connectivity index (χ3v) is 3.71. The lowest BCUT2D eigenvalue weighted by molar-refractivity contribution is -0.154. The van der Waals surface area contributed by atoms with Crippen LogP contribution in [-0.4, -0.2) is 36.9 Å². The third kappa shape index (κ3) is 2.32. The summed E-state index contributed by atoms with van der Waals surface area (Å²) in [5.74, 6) is -0.631. The number of rotatable bonds is 4. The highest BCUT2D eigenvalue weighted by atomic mass is 16.5. The van der Waals surface area contributed by atoms with Gasteiger partial charge in [-0.1, -0.05) is 6.42 Å². The molecule has 0 radical (unpaired) electrons. The van der Waals surface area contributed by atoms with Gasteiger partial charge in [0, 0.05) is 25.8 Å². The highest BCUT2D eigenvalue weighted by Crippen LogP contribution is 2.40. The van der Waals surface area contributed by atoms with Crippen molar-refractivity contribution in [2.45, 2.75) is 38.1 Å². The molecule has 4 heteroatoms. The van der Waals surface area contributed by atoms with Crippen LogP contribution in [0, 0.1) is 5.41 Å². The predicted octanol–water partition coefficient (Wildman–Crippen LogP) is 1.01. The monoisotopic (exact) mass is 213 g/mol. The Hall–Kier alpha value is -0.610. The van der Waals surface area contributed by atoms with Gasteiger partial charge in [0.1, 0.15) is 0 Å². The molecule has 2 rings (SSSR count). The molecule has 1 heterocycles. The molecule has 0 aromatic heterocycles. The molecule has 4 nitrogen and oxygen atoms in total. The fourth-order valence-corrected chi connectivity index (χ4v) is 2.31. The van der Waals surface area contributed by atoms with E-state index in [2.05, 4.69) is 5.32 Å². The van der Waals surface area contributed by atoms with Crippen molar-refractivity contribution in [1.82, 2.24) is 5.32 Å². The minimum Gasteiger partial charge on any atom is -0.481 e. The molecule has 0 unspecified atom stereocenters. The van der Waals surface area contributed by atoms with E-state index in [4.69, 9.17) is 9.84 Å². The van der Waals surface area contributed by atoms with Gasteiger partial charge in [-0.3, -0.25) is 4.79 Å². The summed E-state index contributed by atoms with van der Waals surface area (Å²) in [7, 11) is 0. The summed E-state index contributed by atoms with van der Waals surface area (Å²) in [5, 5.41) is 12.5. The quantitative estimate of drug-likeness (QED) is 0.731. The van der Waals surface area contributed by atoms with Crippen LogP contribution in [0.4, 0.5) is 0 Å². The van der Waals surface area contributed by atoms with E-state index in [-0.39, 0.29) is 0 Å². The molecule has 0 amide bonds. The molecule has 86 valence electrons. The Bertz CT molecular complexity index is 232. The zero-order valence-electron chi connectivity index (χ0n) is 9.00. The Balaban J connectivity index is 1.78. The minimum absolute atomic E-state index is 0.454. The Morgan fingerprint density at radius 3 is 2.53 bits per heavy atom. The van der Waals surface area contributed by atoms with E-state index in [1.165, 1.54) is 0 Å². The first-order valence-corrected chi connectivity index (χ1v) is 5.77. The van der Waals surface area contributed by atoms with E-state index < -0.39 is 11.4 Å². The Labute approximate surface area is 90.0 Å². The van der Waals surface area contributed by atoms with Gasteiger partial charge in [-0.2, -0.15) is 0 Å². The average molecular weight is 213 g/mol. The summed E-state index contributed by atoms with van der Waals surface area (Å²) < 4.78 is 5.26. The molecule has 0 aromatic rings. The number of carboxylic acids is 1. The predicted molar refractivity (Wildman–Crippen MR) is 55.8 cm³/mol. The molecule has 1 aliphatic heterocycles. The summed E-state index contributed by atoms with van der Waals surface area (Å²) in [5.41, 5.74) is -0.460. The average Bonchev–Trinajstić information content (AvgIpc) is 2.17. The van der Waals surface area contributed by atoms with Gasteiger partial charge < -0.3 is 15.2 Å². The lowest BCUT2D eigenvalue weighted by Gasteiger charge is -2.39. The fraction of sp³-hybridized carbons (Fsp3) is 0.909. The summed E-state index contributed by atoms with van der Waals surface area (Å²) >= 11 is 0. The van der Waals surface area contributed by atoms with Crippen LogP contribution in [0.25, 0.3) is 0 Å². The number of carbonyl (C=O) groups is 1. The molecule has 1 aliphatic carbocycles. The summed E-state index contributed by atoms with van der Waals surface area (Å²) in [4.78, 5) is 11.1. The van der Waals surface area contributed by atoms with Gasteiger partial charge in [-0.15, -0.1) is 0 Å². The first-order chi connectivity index (χ1) is 7.23. The van der Waals surface area contributed by atoms with Gasteiger partial charge in [0.2, 0.25) is 0 Å². The molecule has 1 saturated carbocycles. The van der Waals surface area contributed by atoms with E-state index in [9.17, 15) is 4.79 Å². The van der Waals surface area contributed by atoms with Crippen LogP contribution in [0.2, 0.25) is 0 Å². The SMILES string of the molecule is O=C(O)C1(CNC2CCOCC2)CCC1. The largest absolute Gasteiger partial charge is 0.481 e. The molecular formula is C11H19NO3. The maximum atomic E-state index is 11.1. The molecular weight excluding hydrogens is 194 g/mol. The van der Waals surface area contributed by atoms with Gasteiger partial charge >= 0.3 is 5.97 Å². The zero-order chi connectivity index (χ0) is 10.7. The molecule has 2 fully saturated rings. The zero-order valence-corrected chi connectivity index (χ0v) is 9.00. The van der Waals surface area contributed by atoms with Crippen molar-refractivity contribution < 1.29 is 14.6 Å². The number of ether oxygens (including phenoxy) is 1. The highest BCUT2D eigenvalue weighted by Gasteiger charge is 2.44. The highest BCUT2D eigenvalue weighted by molar-refractivity contribution is 5.76. The van der Waals surface area contributed by atoms with Crippen molar-refractivity contribution in [3.05, 3.63) is 0 Å². The first kappa shape index (κ1) is 10.9. The second-order valence-corrected chi connectivity index (χ2v) is 4.71. The van der Waals surface area contributed by atoms with Crippen LogP contribution in [0.5, 0.6) is 0 Å². The van der Waals surface area contributed by atoms with Crippen molar-refractivity contribution in [2.24, 2.45) is 5.41 Å². The minimum atomic E-state index is -0.631. The number of aliphatic carboxylic acids is 1. The van der Waals surface area contributed by atoms with Crippen molar-refractivity contribution in [1.29, 1.82) is 0 Å². The summed E-state index contributed by atoms with van der Waals surface area (Å²) in [6.45, 7) is 2.24. The third-order valence-electron chi connectivity index (χ3n) is 3.71. The van der Waals surface area contributed by atoms with Crippen molar-refractivity contribution >= 4 is 5.97 Å². The lowest BCUT2D eigenvalue weighted by atomic mass is 9.68. The van der Waals surface area contributed by atoms with Crippen molar-refractivity contribution in [3.8, 4) is 0 Å². The molecule has 15 heavy (non-hydrogen) atoms. The summed E-state index contributed by atoms with van der Waals surface area (Å²) in [6.07, 6.45) is 4.74. The van der Waals surface area contributed by atoms with Gasteiger partial charge in [0.25, 0.3) is 0 Å². The van der Waals surface area contributed by atoms with E-state index >= 15 is 0 Å². The van der Waals surface area contributed by atoms with Gasteiger partial charge in [0.15, 0.2) is 0 Å². The fourth-order valence-electron chi connectivity index (χ4n) is 2.31. The molecule has 0 atom stereocenters. The molecule has 2 N–H and O–H groups in total. The number of carboxylic acid groups (broad SMARTS) is 1. The number of hydrogen-bond donors (Lipinski definition) is 2. The van der Waals surface area contributed by atoms with Gasteiger partial charge in [0.05, 0.1) is 5.41 Å². The maximum absolute atomic E-state index is 11.1. The lowest BCUT2D eigenvalue weighted by Crippen LogP contribution is -2.49. The topological polar surface area (TPSA) is 58.6 Å². The Morgan fingerprint density at radius 2 is 2.07 bits per heavy atom. The van der Waals surface area contributed by atoms with Crippen LogP contribution in [0.1, 0.15) is 32.1 Å². The van der Waals surface area contributed by atoms with E-state index in [1.54, 1.807) is 0 Å². The van der Waals surface area contributed by atoms with Crippen LogP contribution in [0.3, 0.4) is 0 Å². The van der Waals surface area contributed by atoms with Gasteiger partial charge in [-0.05, 0) is 25.7 Å². The second-order valence-electron chi connectivity index (χ2n) is 4.71. The molecule has 0 aromatic carbocycles. The van der Waals surface area contributed by atoms with Crippen LogP contribution < -0.4 is 5.32 Å². The second kappa shape index (κ2) is 4.49. The van der Waals surface area contributed by atoms with E-state index in [0.29, 0.717) is 12.6 Å². The first-order valence-electron chi connectivity index (χ1n) is 5.77. The molecule has 0 bridgehead atoms. The van der Waals surface area contributed by atoms with Crippen molar-refractivity contribution in [2.75, 3.05) is 19.8 Å². The molecule has 0 spiro atoms. The van der Waals surface area contributed by atoms with E-state index in [1.807, 2.05) is 0 Å². The Morgan fingerprint density at radius 1 is 1.40 bits per heavy atom. The van der Waals surface area contributed by atoms with Crippen LogP contribution in [0.15, 0.2) is 0 Å².